The van der Waals surface area contributed by atoms with Gasteiger partial charge < -0.3 is 89.9 Å². The first kappa shape index (κ1) is 88.2. The standard InChI is InChI=1S/C77H143NO18/c1-3-5-7-9-11-13-15-17-19-21-23-25-27-29-30-31-33-35-37-39-41-43-45-47-49-51-53-55-65(83)78-60(61(82)54-52-50-48-46-44-42-40-38-36-34-32-28-26-24-22-20-18-16-14-12-10-8-6-4-2)59-91-75-71(89)68(86)73(63(57-80)93-75)96-77-72(90)69(87)74(64(58-81)94-77)95-76-70(88)67(85)66(84)62(56-79)92-76/h15,17,21,23,52,54,60-64,66-77,79-82,84-90H,3-14,16,18-20,22,24-51,53,55-59H2,1-2H3,(H,78,83)/b17-15-,23-21-,54-52+. The lowest BCUT2D eigenvalue weighted by molar-refractivity contribution is -0.379. The number of aliphatic hydroxyl groups excluding tert-OH is 11. The summed E-state index contributed by atoms with van der Waals surface area (Å²) in [6.07, 6.45) is 44.0. The van der Waals surface area contributed by atoms with Gasteiger partial charge in [0.25, 0.3) is 0 Å². The van der Waals surface area contributed by atoms with Gasteiger partial charge in [0, 0.05) is 6.42 Å². The SMILES string of the molecule is CCCCCCC/C=C\C/C=C\CCCCCCCCCCCCCCCCCC(=O)NC(COC1OC(CO)C(OC2OC(CO)C(OC3OC(CO)C(O)C(O)C3O)C(O)C2O)C(O)C1O)C(O)/C=C/CCCCCCCCCCCCCCCCCCCCCCCC. The van der Waals surface area contributed by atoms with Gasteiger partial charge in [-0.2, -0.15) is 0 Å². The Bertz CT molecular complexity index is 1880. The van der Waals surface area contributed by atoms with Crippen molar-refractivity contribution >= 4 is 5.91 Å². The van der Waals surface area contributed by atoms with Crippen LogP contribution in [-0.4, -0.2) is 193 Å². The third-order valence-corrected chi connectivity index (χ3v) is 19.7. The number of unbranched alkanes of at least 4 members (excludes halogenated alkanes) is 42. The molecule has 12 N–H and O–H groups in total. The molecule has 0 aromatic carbocycles. The fourth-order valence-electron chi connectivity index (χ4n) is 13.3. The van der Waals surface area contributed by atoms with Crippen LogP contribution in [0.2, 0.25) is 0 Å². The Hall–Kier alpha value is -1.99. The summed E-state index contributed by atoms with van der Waals surface area (Å²) >= 11 is 0. The first-order valence-corrected chi connectivity index (χ1v) is 39.2. The smallest absolute Gasteiger partial charge is 0.220 e. The molecule has 19 heteroatoms. The number of rotatable bonds is 62. The average Bonchev–Trinajstić information content (AvgIpc) is 1.09. The number of hydrogen-bond donors (Lipinski definition) is 12. The lowest BCUT2D eigenvalue weighted by Gasteiger charge is -2.48. The Morgan fingerprint density at radius 3 is 1.06 bits per heavy atom. The maximum absolute atomic E-state index is 13.5. The topological polar surface area (TPSA) is 307 Å². The molecule has 19 nitrogen and oxygen atoms in total. The molecule has 0 aliphatic carbocycles. The van der Waals surface area contributed by atoms with Crippen LogP contribution in [0.4, 0.5) is 0 Å². The summed E-state index contributed by atoms with van der Waals surface area (Å²) in [6.45, 7) is 1.77. The van der Waals surface area contributed by atoms with Crippen LogP contribution in [0.5, 0.6) is 0 Å². The van der Waals surface area contributed by atoms with Crippen LogP contribution in [-0.2, 0) is 33.2 Å². The molecule has 0 bridgehead atoms. The van der Waals surface area contributed by atoms with Gasteiger partial charge in [0.05, 0.1) is 38.6 Å². The van der Waals surface area contributed by atoms with E-state index in [1.54, 1.807) is 6.08 Å². The van der Waals surface area contributed by atoms with Gasteiger partial charge in [0.2, 0.25) is 5.91 Å². The van der Waals surface area contributed by atoms with Gasteiger partial charge in [0.15, 0.2) is 18.9 Å². The van der Waals surface area contributed by atoms with E-state index in [2.05, 4.69) is 43.5 Å². The van der Waals surface area contributed by atoms with E-state index in [4.69, 9.17) is 28.4 Å². The molecule has 0 saturated carbocycles. The Labute approximate surface area is 581 Å². The van der Waals surface area contributed by atoms with E-state index in [0.29, 0.717) is 6.42 Å². The van der Waals surface area contributed by atoms with Crippen molar-refractivity contribution in [2.24, 2.45) is 0 Å². The van der Waals surface area contributed by atoms with Crippen LogP contribution in [0, 0.1) is 0 Å². The van der Waals surface area contributed by atoms with Crippen molar-refractivity contribution in [1.29, 1.82) is 0 Å². The Balaban J connectivity index is 1.39. The summed E-state index contributed by atoms with van der Waals surface area (Å²) in [5.41, 5.74) is 0. The highest BCUT2D eigenvalue weighted by Gasteiger charge is 2.53. The van der Waals surface area contributed by atoms with Crippen LogP contribution < -0.4 is 5.32 Å². The number of allylic oxidation sites excluding steroid dienone is 5. The third-order valence-electron chi connectivity index (χ3n) is 19.7. The first-order valence-electron chi connectivity index (χ1n) is 39.2. The highest BCUT2D eigenvalue weighted by Crippen LogP contribution is 2.33. The molecule has 17 unspecified atom stereocenters. The van der Waals surface area contributed by atoms with Crippen molar-refractivity contribution < 1.29 is 89.4 Å². The van der Waals surface area contributed by atoms with E-state index in [1.165, 1.54) is 238 Å². The number of carbonyl (C=O) groups excluding carboxylic acids is 1. The van der Waals surface area contributed by atoms with Crippen LogP contribution in [0.3, 0.4) is 0 Å². The largest absolute Gasteiger partial charge is 0.394 e. The normalized spacial score (nSPS) is 27.2. The van der Waals surface area contributed by atoms with Gasteiger partial charge in [-0.25, -0.2) is 0 Å². The van der Waals surface area contributed by atoms with Gasteiger partial charge in [-0.15, -0.1) is 0 Å². The van der Waals surface area contributed by atoms with E-state index in [9.17, 15) is 61.0 Å². The minimum absolute atomic E-state index is 0.245. The van der Waals surface area contributed by atoms with Gasteiger partial charge in [-0.3, -0.25) is 4.79 Å². The number of aliphatic hydroxyl groups is 11. The minimum atomic E-state index is -1.98. The molecule has 0 aromatic heterocycles. The summed E-state index contributed by atoms with van der Waals surface area (Å²) in [7, 11) is 0. The van der Waals surface area contributed by atoms with Crippen molar-refractivity contribution in [3.63, 3.8) is 0 Å². The Morgan fingerprint density at radius 2 is 0.688 bits per heavy atom. The molecule has 96 heavy (non-hydrogen) atoms. The zero-order valence-corrected chi connectivity index (χ0v) is 60.1. The second-order valence-corrected chi connectivity index (χ2v) is 28.2. The van der Waals surface area contributed by atoms with E-state index in [-0.39, 0.29) is 18.9 Å². The maximum Gasteiger partial charge on any atom is 0.220 e. The maximum atomic E-state index is 13.5. The summed E-state index contributed by atoms with van der Waals surface area (Å²) in [4.78, 5) is 13.5. The molecular formula is C77H143NO18. The van der Waals surface area contributed by atoms with Crippen LogP contribution >= 0.6 is 0 Å². The van der Waals surface area contributed by atoms with E-state index in [0.717, 1.165) is 51.4 Å². The zero-order chi connectivity index (χ0) is 69.6. The second kappa shape index (κ2) is 58.5. The number of hydrogen-bond acceptors (Lipinski definition) is 18. The summed E-state index contributed by atoms with van der Waals surface area (Å²) in [6, 6.07) is -0.974. The molecule has 17 atom stereocenters. The first-order chi connectivity index (χ1) is 46.8. The number of amides is 1. The molecule has 0 radical (unpaired) electrons. The molecule has 3 saturated heterocycles. The molecule has 3 heterocycles. The lowest BCUT2D eigenvalue weighted by atomic mass is 9.96. The predicted molar refractivity (Wildman–Crippen MR) is 379 cm³/mol. The molecule has 3 aliphatic rings. The summed E-state index contributed by atoms with van der Waals surface area (Å²) in [5, 5.41) is 121. The molecule has 0 aromatic rings. The molecular weight excluding hydrogens is 1230 g/mol. The monoisotopic (exact) mass is 1370 g/mol. The van der Waals surface area contributed by atoms with Crippen molar-refractivity contribution in [3.8, 4) is 0 Å². The minimum Gasteiger partial charge on any atom is -0.394 e. The fraction of sp³-hybridized carbons (Fsp3) is 0.909. The van der Waals surface area contributed by atoms with Gasteiger partial charge in [-0.1, -0.05) is 294 Å². The van der Waals surface area contributed by atoms with Crippen molar-refractivity contribution in [2.75, 3.05) is 26.4 Å². The fourth-order valence-corrected chi connectivity index (χ4v) is 13.3. The molecule has 0 spiro atoms. The van der Waals surface area contributed by atoms with Crippen LogP contribution in [0.25, 0.3) is 0 Å². The van der Waals surface area contributed by atoms with Gasteiger partial charge in [0.1, 0.15) is 73.2 Å². The molecule has 3 fully saturated rings. The van der Waals surface area contributed by atoms with E-state index < -0.39 is 124 Å². The van der Waals surface area contributed by atoms with Crippen molar-refractivity contribution in [3.05, 3.63) is 36.5 Å². The Kier molecular flexibility index (Phi) is 53.8. The van der Waals surface area contributed by atoms with Crippen LogP contribution in [0.15, 0.2) is 36.5 Å². The highest BCUT2D eigenvalue weighted by atomic mass is 16.8. The summed E-state index contributed by atoms with van der Waals surface area (Å²) < 4.78 is 34.4. The lowest BCUT2D eigenvalue weighted by Crippen LogP contribution is -2.66. The van der Waals surface area contributed by atoms with Gasteiger partial charge in [-0.05, 0) is 51.4 Å². The van der Waals surface area contributed by atoms with Crippen LogP contribution in [0.1, 0.15) is 316 Å². The number of carbonyl (C=O) groups is 1. The van der Waals surface area contributed by atoms with E-state index >= 15 is 0 Å². The number of nitrogens with one attached hydrogen (secondary N) is 1. The molecule has 3 aliphatic heterocycles. The Morgan fingerprint density at radius 1 is 0.375 bits per heavy atom. The zero-order valence-electron chi connectivity index (χ0n) is 60.1. The van der Waals surface area contributed by atoms with Crippen molar-refractivity contribution in [2.45, 2.75) is 420 Å². The molecule has 3 rings (SSSR count). The second-order valence-electron chi connectivity index (χ2n) is 28.2. The average molecular weight is 1370 g/mol. The quantitative estimate of drug-likeness (QED) is 0.0199. The van der Waals surface area contributed by atoms with Crippen molar-refractivity contribution in [1.82, 2.24) is 5.32 Å². The number of ether oxygens (including phenoxy) is 6. The van der Waals surface area contributed by atoms with E-state index in [1.807, 2.05) is 6.08 Å². The molecule has 1 amide bonds. The van der Waals surface area contributed by atoms with Gasteiger partial charge >= 0.3 is 0 Å². The highest BCUT2D eigenvalue weighted by molar-refractivity contribution is 5.76. The summed E-state index contributed by atoms with van der Waals surface area (Å²) in [5.74, 6) is -0.271. The third kappa shape index (κ3) is 38.9. The molecule has 564 valence electrons. The predicted octanol–water partition coefficient (Wildman–Crippen LogP) is 12.3.